The van der Waals surface area contributed by atoms with E-state index in [0.717, 1.165) is 0 Å². The molecular weight excluding hydrogens is 220 g/mol. The van der Waals surface area contributed by atoms with E-state index < -0.39 is 0 Å². The molecular formula is C11H14N4O2. The molecule has 1 heterocycles. The molecule has 0 saturated carbocycles. The molecule has 6 heteroatoms. The molecule has 0 aliphatic rings. The van der Waals surface area contributed by atoms with Crippen molar-refractivity contribution in [2.24, 2.45) is 0 Å². The van der Waals surface area contributed by atoms with Gasteiger partial charge in [0, 0.05) is 20.0 Å². The first-order valence-corrected chi connectivity index (χ1v) is 5.18. The van der Waals surface area contributed by atoms with E-state index in [9.17, 15) is 4.79 Å². The summed E-state index contributed by atoms with van der Waals surface area (Å²) in [6.07, 6.45) is 2.47. The van der Waals surface area contributed by atoms with E-state index in [1.807, 2.05) is 7.05 Å². The van der Waals surface area contributed by atoms with E-state index in [1.165, 1.54) is 13.3 Å². The Hall–Kier alpha value is -2.16. The van der Waals surface area contributed by atoms with Crippen LogP contribution >= 0.6 is 0 Å². The molecule has 0 aromatic carbocycles. The van der Waals surface area contributed by atoms with Crippen molar-refractivity contribution in [3.63, 3.8) is 0 Å². The van der Waals surface area contributed by atoms with E-state index in [0.29, 0.717) is 30.8 Å². The summed E-state index contributed by atoms with van der Waals surface area (Å²) in [7, 11) is 3.17. The quantitative estimate of drug-likeness (QED) is 0.699. The van der Waals surface area contributed by atoms with Crippen molar-refractivity contribution in [3.8, 4) is 6.07 Å². The predicted octanol–water partition coefficient (Wildman–Crippen LogP) is 0.738. The van der Waals surface area contributed by atoms with Gasteiger partial charge in [-0.05, 0) is 12.5 Å². The Morgan fingerprint density at radius 1 is 1.65 bits per heavy atom. The normalized spacial score (nSPS) is 9.47. The molecule has 6 nitrogen and oxygen atoms in total. The summed E-state index contributed by atoms with van der Waals surface area (Å²) in [4.78, 5) is 12.7. The Balaban J connectivity index is 2.55. The van der Waals surface area contributed by atoms with Gasteiger partial charge >= 0.3 is 5.97 Å². The molecule has 0 aliphatic heterocycles. The summed E-state index contributed by atoms with van der Waals surface area (Å²) in [5.74, 6) is 0.290. The maximum atomic E-state index is 10.9. The van der Waals surface area contributed by atoms with Gasteiger partial charge in [0.2, 0.25) is 0 Å². The average Bonchev–Trinajstić information content (AvgIpc) is 2.38. The van der Waals surface area contributed by atoms with Gasteiger partial charge in [-0.15, -0.1) is 5.10 Å². The number of methoxy groups -OCH3 is 1. The lowest BCUT2D eigenvalue weighted by atomic mass is 10.2. The number of carbonyl (C=O) groups is 1. The summed E-state index contributed by atoms with van der Waals surface area (Å²) < 4.78 is 4.54. The second-order valence-corrected chi connectivity index (χ2v) is 3.48. The third kappa shape index (κ3) is 3.72. The first-order chi connectivity index (χ1) is 8.19. The number of ether oxygens (including phenoxy) is 1. The highest BCUT2D eigenvalue weighted by molar-refractivity contribution is 5.69. The highest BCUT2D eigenvalue weighted by Crippen LogP contribution is 2.13. The zero-order chi connectivity index (χ0) is 12.7. The van der Waals surface area contributed by atoms with Crippen LogP contribution in [0.2, 0.25) is 0 Å². The van der Waals surface area contributed by atoms with Gasteiger partial charge in [-0.1, -0.05) is 0 Å². The van der Waals surface area contributed by atoms with Crippen LogP contribution in [0.3, 0.4) is 0 Å². The molecule has 0 unspecified atom stereocenters. The van der Waals surface area contributed by atoms with Crippen LogP contribution in [0.25, 0.3) is 0 Å². The van der Waals surface area contributed by atoms with Crippen LogP contribution in [0, 0.1) is 11.3 Å². The molecule has 17 heavy (non-hydrogen) atoms. The Kier molecular flexibility index (Phi) is 4.88. The third-order valence-corrected chi connectivity index (χ3v) is 2.29. The van der Waals surface area contributed by atoms with Gasteiger partial charge in [0.05, 0.1) is 18.9 Å². The van der Waals surface area contributed by atoms with Gasteiger partial charge in [-0.3, -0.25) is 4.79 Å². The summed E-state index contributed by atoms with van der Waals surface area (Å²) in [5, 5.41) is 16.5. The number of esters is 1. The van der Waals surface area contributed by atoms with Crippen molar-refractivity contribution in [2.45, 2.75) is 12.8 Å². The Labute approximate surface area is 99.8 Å². The van der Waals surface area contributed by atoms with Crippen molar-refractivity contribution in [2.75, 3.05) is 25.6 Å². The lowest BCUT2D eigenvalue weighted by Gasteiger charge is -2.17. The topological polar surface area (TPSA) is 79.1 Å². The Morgan fingerprint density at radius 2 is 2.41 bits per heavy atom. The number of rotatable bonds is 5. The Bertz CT molecular complexity index is 428. The maximum absolute atomic E-state index is 10.9. The van der Waals surface area contributed by atoms with E-state index >= 15 is 0 Å². The highest BCUT2D eigenvalue weighted by Gasteiger charge is 2.09. The number of anilines is 1. The van der Waals surface area contributed by atoms with Gasteiger partial charge in [0.25, 0.3) is 0 Å². The molecule has 0 radical (unpaired) electrons. The molecule has 90 valence electrons. The average molecular weight is 234 g/mol. The van der Waals surface area contributed by atoms with Gasteiger partial charge in [0.1, 0.15) is 6.07 Å². The van der Waals surface area contributed by atoms with Crippen molar-refractivity contribution < 1.29 is 9.53 Å². The minimum atomic E-state index is -0.238. The Morgan fingerprint density at radius 3 is 3.06 bits per heavy atom. The third-order valence-electron chi connectivity index (χ3n) is 2.29. The molecule has 0 saturated heterocycles. The summed E-state index contributed by atoms with van der Waals surface area (Å²) >= 11 is 0. The second kappa shape index (κ2) is 6.43. The smallest absolute Gasteiger partial charge is 0.305 e. The molecule has 1 aromatic rings. The van der Waals surface area contributed by atoms with Gasteiger partial charge in [-0.25, -0.2) is 0 Å². The maximum Gasteiger partial charge on any atom is 0.305 e. The van der Waals surface area contributed by atoms with E-state index in [4.69, 9.17) is 5.26 Å². The monoisotopic (exact) mass is 234 g/mol. The van der Waals surface area contributed by atoms with Crippen molar-refractivity contribution in [1.29, 1.82) is 5.26 Å². The van der Waals surface area contributed by atoms with Gasteiger partial charge < -0.3 is 9.64 Å². The van der Waals surface area contributed by atoms with Crippen molar-refractivity contribution in [1.82, 2.24) is 10.2 Å². The fourth-order valence-corrected chi connectivity index (χ4v) is 1.36. The molecule has 1 aromatic heterocycles. The fraction of sp³-hybridized carbons (Fsp3) is 0.455. The standard InChI is InChI=1S/C11H14N4O2/c1-15(7-3-4-10(16)17-2)11-9(8-12)5-6-13-14-11/h5-6H,3-4,7H2,1-2H3. The molecule has 0 fully saturated rings. The molecule has 0 N–H and O–H groups in total. The number of nitriles is 1. The number of hydrogen-bond donors (Lipinski definition) is 0. The number of nitrogens with zero attached hydrogens (tertiary/aromatic N) is 4. The molecule has 0 atom stereocenters. The number of aromatic nitrogens is 2. The molecule has 0 aliphatic carbocycles. The lowest BCUT2D eigenvalue weighted by molar-refractivity contribution is -0.140. The summed E-state index contributed by atoms with van der Waals surface area (Å²) in [6.45, 7) is 0.614. The minimum absolute atomic E-state index is 0.238. The first kappa shape index (κ1) is 12.9. The van der Waals surface area contributed by atoms with Crippen LogP contribution in [0.1, 0.15) is 18.4 Å². The van der Waals surface area contributed by atoms with Crippen LogP contribution in [-0.4, -0.2) is 36.9 Å². The van der Waals surface area contributed by atoms with Crippen LogP contribution in [-0.2, 0) is 9.53 Å². The molecule has 0 amide bonds. The van der Waals surface area contributed by atoms with Crippen LogP contribution in [0.15, 0.2) is 12.3 Å². The molecule has 1 rings (SSSR count). The SMILES string of the molecule is COC(=O)CCCN(C)c1nnccc1C#N. The first-order valence-electron chi connectivity index (χ1n) is 5.18. The molecule has 0 spiro atoms. The largest absolute Gasteiger partial charge is 0.469 e. The summed E-state index contributed by atoms with van der Waals surface area (Å²) in [6, 6.07) is 3.66. The molecule has 0 bridgehead atoms. The van der Waals surface area contributed by atoms with Crippen molar-refractivity contribution >= 4 is 11.8 Å². The lowest BCUT2D eigenvalue weighted by Crippen LogP contribution is -2.22. The second-order valence-electron chi connectivity index (χ2n) is 3.48. The van der Waals surface area contributed by atoms with E-state index in [2.05, 4.69) is 21.0 Å². The van der Waals surface area contributed by atoms with Crippen LogP contribution < -0.4 is 4.90 Å². The zero-order valence-corrected chi connectivity index (χ0v) is 9.88. The minimum Gasteiger partial charge on any atom is -0.469 e. The van der Waals surface area contributed by atoms with Gasteiger partial charge in [0.15, 0.2) is 5.82 Å². The zero-order valence-electron chi connectivity index (χ0n) is 9.88. The van der Waals surface area contributed by atoms with Gasteiger partial charge in [-0.2, -0.15) is 10.4 Å². The highest BCUT2D eigenvalue weighted by atomic mass is 16.5. The number of hydrogen-bond acceptors (Lipinski definition) is 6. The van der Waals surface area contributed by atoms with Crippen molar-refractivity contribution in [3.05, 3.63) is 17.8 Å². The summed E-state index contributed by atoms with van der Waals surface area (Å²) in [5.41, 5.74) is 0.473. The van der Waals surface area contributed by atoms with E-state index in [1.54, 1.807) is 11.0 Å². The predicted molar refractivity (Wildman–Crippen MR) is 61.3 cm³/mol. The van der Waals surface area contributed by atoms with Crippen LogP contribution in [0.4, 0.5) is 5.82 Å². The number of carbonyl (C=O) groups excluding carboxylic acids is 1. The fourth-order valence-electron chi connectivity index (χ4n) is 1.36. The van der Waals surface area contributed by atoms with Crippen LogP contribution in [0.5, 0.6) is 0 Å². The van der Waals surface area contributed by atoms with E-state index in [-0.39, 0.29) is 5.97 Å².